The van der Waals surface area contributed by atoms with Crippen molar-refractivity contribution in [3.63, 3.8) is 0 Å². The van der Waals surface area contributed by atoms with Gasteiger partial charge in [-0.15, -0.1) is 12.4 Å². The third-order valence-electron chi connectivity index (χ3n) is 5.95. The predicted molar refractivity (Wildman–Crippen MR) is 122 cm³/mol. The second-order valence-corrected chi connectivity index (χ2v) is 7.97. The minimum absolute atomic E-state index is 0. The van der Waals surface area contributed by atoms with Gasteiger partial charge in [0.25, 0.3) is 0 Å². The maximum Gasteiger partial charge on any atom is 0.192 e. The van der Waals surface area contributed by atoms with Gasteiger partial charge in [-0.25, -0.2) is 4.39 Å². The average Bonchev–Trinajstić information content (AvgIpc) is 3.20. The van der Waals surface area contributed by atoms with E-state index in [0.29, 0.717) is 34.8 Å². The number of hydrogen-bond acceptors (Lipinski definition) is 6. The van der Waals surface area contributed by atoms with Gasteiger partial charge >= 0.3 is 0 Å². The van der Waals surface area contributed by atoms with Crippen molar-refractivity contribution in [2.75, 3.05) is 26.2 Å². The summed E-state index contributed by atoms with van der Waals surface area (Å²) >= 11 is 0. The molecule has 3 heterocycles. The van der Waals surface area contributed by atoms with Gasteiger partial charge < -0.3 is 18.6 Å². The van der Waals surface area contributed by atoms with Crippen LogP contribution in [0.2, 0.25) is 0 Å². The van der Waals surface area contributed by atoms with Gasteiger partial charge in [0.1, 0.15) is 28.4 Å². The van der Waals surface area contributed by atoms with Gasteiger partial charge in [0.15, 0.2) is 5.43 Å². The molecule has 0 unspecified atom stereocenters. The number of ether oxygens (including phenoxy) is 1. The van der Waals surface area contributed by atoms with E-state index < -0.39 is 0 Å². The van der Waals surface area contributed by atoms with Crippen LogP contribution in [-0.2, 0) is 0 Å². The molecule has 1 saturated heterocycles. The van der Waals surface area contributed by atoms with Crippen molar-refractivity contribution in [1.29, 1.82) is 0 Å². The van der Waals surface area contributed by atoms with E-state index in [1.807, 2.05) is 0 Å². The van der Waals surface area contributed by atoms with E-state index in [0.717, 1.165) is 50.0 Å². The molecule has 32 heavy (non-hydrogen) atoms. The molecule has 1 aliphatic heterocycles. The fourth-order valence-electron chi connectivity index (χ4n) is 4.28. The van der Waals surface area contributed by atoms with Crippen LogP contribution >= 0.6 is 12.4 Å². The number of benzene rings is 2. The highest BCUT2D eigenvalue weighted by molar-refractivity contribution is 5.85. The van der Waals surface area contributed by atoms with Crippen LogP contribution in [0.5, 0.6) is 5.75 Å². The maximum absolute atomic E-state index is 13.4. The van der Waals surface area contributed by atoms with Gasteiger partial charge in [-0.3, -0.25) is 4.79 Å². The molecule has 8 heteroatoms. The molecule has 168 valence electrons. The summed E-state index contributed by atoms with van der Waals surface area (Å²) in [4.78, 5) is 14.2. The summed E-state index contributed by atoms with van der Waals surface area (Å²) < 4.78 is 30.1. The van der Waals surface area contributed by atoms with E-state index in [4.69, 9.17) is 13.7 Å². The summed E-state index contributed by atoms with van der Waals surface area (Å²) in [6.45, 7) is 3.52. The highest BCUT2D eigenvalue weighted by Crippen LogP contribution is 2.33. The molecule has 0 amide bonds. The number of nitrogens with zero attached hydrogens (tertiary/aromatic N) is 2. The zero-order valence-electron chi connectivity index (χ0n) is 17.5. The molecule has 0 N–H and O–H groups in total. The predicted octanol–water partition coefficient (Wildman–Crippen LogP) is 5.14. The summed E-state index contributed by atoms with van der Waals surface area (Å²) in [5.41, 5.74) is 1.07. The van der Waals surface area contributed by atoms with Crippen molar-refractivity contribution < 1.29 is 18.1 Å². The molecule has 0 spiro atoms. The van der Waals surface area contributed by atoms with Crippen LogP contribution in [0.25, 0.3) is 21.9 Å². The molecule has 0 atom stereocenters. The number of likely N-dealkylation sites (tertiary alicyclic amines) is 1. The first-order valence-corrected chi connectivity index (χ1v) is 10.6. The number of hydrogen-bond donors (Lipinski definition) is 0. The van der Waals surface area contributed by atoms with Gasteiger partial charge in [0.2, 0.25) is 0 Å². The molecule has 0 saturated carbocycles. The smallest absolute Gasteiger partial charge is 0.192 e. The first-order chi connectivity index (χ1) is 15.2. The molecular formula is C24H24ClFN2O4. The second kappa shape index (κ2) is 9.71. The lowest BCUT2D eigenvalue weighted by atomic mass is 9.92. The van der Waals surface area contributed by atoms with Crippen LogP contribution in [0.3, 0.4) is 0 Å². The third kappa shape index (κ3) is 4.64. The van der Waals surface area contributed by atoms with Crippen LogP contribution in [0.4, 0.5) is 4.39 Å². The Balaban J connectivity index is 0.00000245. The number of fused-ring (bicyclic) bond motifs is 2. The van der Waals surface area contributed by atoms with Crippen molar-refractivity contribution >= 4 is 34.3 Å². The number of rotatable bonds is 6. The molecule has 2 aromatic heterocycles. The van der Waals surface area contributed by atoms with E-state index in [-0.39, 0.29) is 23.7 Å². The molecule has 1 fully saturated rings. The van der Waals surface area contributed by atoms with E-state index in [1.165, 1.54) is 24.5 Å². The Morgan fingerprint density at radius 3 is 2.75 bits per heavy atom. The number of piperidine rings is 1. The lowest BCUT2D eigenvalue weighted by Crippen LogP contribution is -2.34. The zero-order chi connectivity index (χ0) is 21.2. The quantitative estimate of drug-likeness (QED) is 0.372. The van der Waals surface area contributed by atoms with Gasteiger partial charge in [0.05, 0.1) is 18.3 Å². The molecule has 4 aromatic rings. The fourth-order valence-corrected chi connectivity index (χ4v) is 4.28. The van der Waals surface area contributed by atoms with Gasteiger partial charge in [-0.1, -0.05) is 5.16 Å². The van der Waals surface area contributed by atoms with Gasteiger partial charge in [0, 0.05) is 36.0 Å². The Labute approximate surface area is 190 Å². The Morgan fingerprint density at radius 1 is 1.09 bits per heavy atom. The molecule has 2 aromatic carbocycles. The molecule has 5 rings (SSSR count). The monoisotopic (exact) mass is 458 g/mol. The van der Waals surface area contributed by atoms with Crippen LogP contribution in [-0.4, -0.2) is 36.3 Å². The van der Waals surface area contributed by atoms with E-state index in [9.17, 15) is 9.18 Å². The van der Waals surface area contributed by atoms with Gasteiger partial charge in [-0.2, -0.15) is 0 Å². The second-order valence-electron chi connectivity index (χ2n) is 7.97. The Bertz CT molecular complexity index is 1260. The first kappa shape index (κ1) is 22.3. The Hall–Kier alpha value is -2.90. The van der Waals surface area contributed by atoms with E-state index >= 15 is 0 Å². The third-order valence-corrected chi connectivity index (χ3v) is 5.95. The molecule has 6 nitrogen and oxygen atoms in total. The Morgan fingerprint density at radius 2 is 1.91 bits per heavy atom. The van der Waals surface area contributed by atoms with Crippen molar-refractivity contribution in [3.8, 4) is 5.75 Å². The Kier molecular flexibility index (Phi) is 6.77. The maximum atomic E-state index is 13.4. The lowest BCUT2D eigenvalue weighted by Gasteiger charge is -2.30. The van der Waals surface area contributed by atoms with Crippen LogP contribution in [0.1, 0.15) is 30.9 Å². The van der Waals surface area contributed by atoms with Crippen molar-refractivity contribution in [1.82, 2.24) is 10.1 Å². The summed E-state index contributed by atoms with van der Waals surface area (Å²) in [5.74, 6) is 1.60. The van der Waals surface area contributed by atoms with E-state index in [1.54, 1.807) is 24.3 Å². The fraction of sp³-hybridized carbons (Fsp3) is 0.333. The minimum atomic E-state index is -0.294. The standard InChI is InChI=1S/C24H23FN2O4.ClH/c25-17-2-4-19-21(14-17)26-31-24(19)16-6-10-27(11-7-16)9-1-12-29-18-3-5-20-22(28)8-13-30-23(20)15-18;/h2-5,8,13-16H,1,6-7,9-12H2;1H. The van der Waals surface area contributed by atoms with Crippen LogP contribution < -0.4 is 10.2 Å². The van der Waals surface area contributed by atoms with Gasteiger partial charge in [-0.05, 0) is 56.6 Å². The lowest BCUT2D eigenvalue weighted by molar-refractivity contribution is 0.182. The van der Waals surface area contributed by atoms with Crippen LogP contribution in [0, 0.1) is 5.82 Å². The van der Waals surface area contributed by atoms with Crippen molar-refractivity contribution in [3.05, 3.63) is 70.5 Å². The first-order valence-electron chi connectivity index (χ1n) is 10.6. The largest absolute Gasteiger partial charge is 0.493 e. The number of aromatic nitrogens is 1. The number of halogens is 2. The molecular weight excluding hydrogens is 435 g/mol. The minimum Gasteiger partial charge on any atom is -0.493 e. The van der Waals surface area contributed by atoms with Crippen LogP contribution in [0.15, 0.2) is 62.5 Å². The van der Waals surface area contributed by atoms with Crippen molar-refractivity contribution in [2.24, 2.45) is 0 Å². The normalized spacial score (nSPS) is 15.2. The molecule has 0 radical (unpaired) electrons. The summed E-state index contributed by atoms with van der Waals surface area (Å²) in [7, 11) is 0. The summed E-state index contributed by atoms with van der Waals surface area (Å²) in [6, 6.07) is 11.4. The summed E-state index contributed by atoms with van der Waals surface area (Å²) in [5, 5.41) is 5.49. The molecule has 0 aliphatic carbocycles. The highest BCUT2D eigenvalue weighted by Gasteiger charge is 2.25. The van der Waals surface area contributed by atoms with E-state index in [2.05, 4.69) is 10.1 Å². The molecule has 0 bridgehead atoms. The molecule has 1 aliphatic rings. The highest BCUT2D eigenvalue weighted by atomic mass is 35.5. The van der Waals surface area contributed by atoms with Crippen molar-refractivity contribution in [2.45, 2.75) is 25.2 Å². The SMILES string of the molecule is Cl.O=c1ccoc2cc(OCCCN3CCC(c4onc5cc(F)ccc45)CC3)ccc12. The topological polar surface area (TPSA) is 68.7 Å². The average molecular weight is 459 g/mol. The zero-order valence-corrected chi connectivity index (χ0v) is 18.3. The summed E-state index contributed by atoms with van der Waals surface area (Å²) in [6.07, 6.45) is 4.29.